The molecule has 31 heavy (non-hydrogen) atoms. The van der Waals surface area contributed by atoms with E-state index in [0.29, 0.717) is 35.9 Å². The number of methoxy groups -OCH3 is 1. The molecule has 1 atom stereocenters. The SMILES string of the molecule is COc1ccccc1[C@H]1C(C(=O)c2cccs2)=C(O)C(=O)N1CCCN1CCOCC1. The van der Waals surface area contributed by atoms with Crippen molar-refractivity contribution in [1.29, 1.82) is 0 Å². The summed E-state index contributed by atoms with van der Waals surface area (Å²) in [6, 6.07) is 10.1. The highest BCUT2D eigenvalue weighted by Crippen LogP contribution is 2.42. The molecule has 0 saturated carbocycles. The zero-order chi connectivity index (χ0) is 21.8. The summed E-state index contributed by atoms with van der Waals surface area (Å²) in [7, 11) is 1.56. The van der Waals surface area contributed by atoms with E-state index in [9.17, 15) is 14.7 Å². The molecule has 1 amide bonds. The third-order valence-corrected chi connectivity index (χ3v) is 6.57. The van der Waals surface area contributed by atoms with Crippen LogP contribution in [-0.4, -0.2) is 73.1 Å². The van der Waals surface area contributed by atoms with Gasteiger partial charge in [-0.25, -0.2) is 0 Å². The molecule has 2 aromatic rings. The number of hydrogen-bond acceptors (Lipinski definition) is 7. The lowest BCUT2D eigenvalue weighted by Gasteiger charge is -2.30. The van der Waals surface area contributed by atoms with Crippen LogP contribution < -0.4 is 4.74 Å². The van der Waals surface area contributed by atoms with Crippen molar-refractivity contribution >= 4 is 23.0 Å². The van der Waals surface area contributed by atoms with Gasteiger partial charge < -0.3 is 19.5 Å². The lowest BCUT2D eigenvalue weighted by Crippen LogP contribution is -2.39. The van der Waals surface area contributed by atoms with Gasteiger partial charge >= 0.3 is 0 Å². The van der Waals surface area contributed by atoms with Crippen molar-refractivity contribution in [2.45, 2.75) is 12.5 Å². The van der Waals surface area contributed by atoms with E-state index in [2.05, 4.69) is 4.90 Å². The van der Waals surface area contributed by atoms with Gasteiger partial charge in [-0.1, -0.05) is 24.3 Å². The van der Waals surface area contributed by atoms with Gasteiger partial charge in [0.2, 0.25) is 5.78 Å². The summed E-state index contributed by atoms with van der Waals surface area (Å²) in [5, 5.41) is 12.6. The molecule has 7 nitrogen and oxygen atoms in total. The van der Waals surface area contributed by atoms with Crippen LogP contribution in [0.3, 0.4) is 0 Å². The van der Waals surface area contributed by atoms with E-state index in [1.54, 1.807) is 35.6 Å². The lowest BCUT2D eigenvalue weighted by atomic mass is 9.94. The minimum Gasteiger partial charge on any atom is -0.503 e. The van der Waals surface area contributed by atoms with Gasteiger partial charge in [-0.2, -0.15) is 0 Å². The van der Waals surface area contributed by atoms with E-state index in [0.717, 1.165) is 26.1 Å². The van der Waals surface area contributed by atoms with Crippen LogP contribution in [0, 0.1) is 0 Å². The molecule has 1 aromatic heterocycles. The molecule has 1 fully saturated rings. The van der Waals surface area contributed by atoms with E-state index in [1.165, 1.54) is 11.3 Å². The van der Waals surface area contributed by atoms with Crippen molar-refractivity contribution in [2.75, 3.05) is 46.5 Å². The second-order valence-electron chi connectivity index (χ2n) is 7.52. The van der Waals surface area contributed by atoms with Crippen molar-refractivity contribution in [3.8, 4) is 5.75 Å². The van der Waals surface area contributed by atoms with Crippen LogP contribution in [0.25, 0.3) is 0 Å². The van der Waals surface area contributed by atoms with Crippen LogP contribution in [0.5, 0.6) is 5.75 Å². The highest BCUT2D eigenvalue weighted by molar-refractivity contribution is 7.12. The van der Waals surface area contributed by atoms with Gasteiger partial charge in [-0.3, -0.25) is 14.5 Å². The summed E-state index contributed by atoms with van der Waals surface area (Å²) in [4.78, 5) is 30.7. The van der Waals surface area contributed by atoms with Crippen LogP contribution in [0.4, 0.5) is 0 Å². The van der Waals surface area contributed by atoms with Crippen LogP contribution in [0.15, 0.2) is 53.1 Å². The number of aliphatic hydroxyl groups excluding tert-OH is 1. The van der Waals surface area contributed by atoms with Gasteiger partial charge in [0.05, 0.1) is 36.8 Å². The Morgan fingerprint density at radius 3 is 2.68 bits per heavy atom. The molecule has 4 rings (SSSR count). The molecule has 3 heterocycles. The molecular formula is C23H26N2O5S. The smallest absolute Gasteiger partial charge is 0.290 e. The number of benzene rings is 1. The molecule has 1 aromatic carbocycles. The number of ketones is 1. The Bertz CT molecular complexity index is 966. The Morgan fingerprint density at radius 2 is 1.97 bits per heavy atom. The summed E-state index contributed by atoms with van der Waals surface area (Å²) < 4.78 is 10.9. The van der Waals surface area contributed by atoms with Crippen molar-refractivity contribution in [3.63, 3.8) is 0 Å². The number of thiophene rings is 1. The van der Waals surface area contributed by atoms with Crippen LogP contribution >= 0.6 is 11.3 Å². The molecule has 1 N–H and O–H groups in total. The molecule has 0 radical (unpaired) electrons. The van der Waals surface area contributed by atoms with Gasteiger partial charge in [0, 0.05) is 31.7 Å². The lowest BCUT2D eigenvalue weighted by molar-refractivity contribution is -0.129. The molecule has 0 spiro atoms. The van der Waals surface area contributed by atoms with Gasteiger partial charge in [-0.15, -0.1) is 11.3 Å². The topological polar surface area (TPSA) is 79.3 Å². The fraction of sp³-hybridized carbons (Fsp3) is 0.391. The van der Waals surface area contributed by atoms with E-state index in [1.807, 2.05) is 18.2 Å². The Kier molecular flexibility index (Phi) is 6.70. The van der Waals surface area contributed by atoms with Crippen LogP contribution in [0.2, 0.25) is 0 Å². The number of Topliss-reactive ketones (excluding diaryl/α,β-unsaturated/α-hetero) is 1. The van der Waals surface area contributed by atoms with Gasteiger partial charge in [0.1, 0.15) is 5.75 Å². The molecule has 0 bridgehead atoms. The predicted molar refractivity (Wildman–Crippen MR) is 118 cm³/mol. The van der Waals surface area contributed by atoms with Gasteiger partial charge in [-0.05, 0) is 23.9 Å². The van der Waals surface area contributed by atoms with Crippen LogP contribution in [0.1, 0.15) is 27.7 Å². The number of hydrogen-bond donors (Lipinski definition) is 1. The highest BCUT2D eigenvalue weighted by Gasteiger charge is 2.44. The second-order valence-corrected chi connectivity index (χ2v) is 8.47. The number of carbonyl (C=O) groups excluding carboxylic acids is 2. The Morgan fingerprint density at radius 1 is 1.19 bits per heavy atom. The largest absolute Gasteiger partial charge is 0.503 e. The Balaban J connectivity index is 1.63. The summed E-state index contributed by atoms with van der Waals surface area (Å²) in [6.07, 6.45) is 0.727. The number of rotatable bonds is 8. The first-order valence-corrected chi connectivity index (χ1v) is 11.2. The summed E-state index contributed by atoms with van der Waals surface area (Å²) in [5.41, 5.74) is 0.803. The molecule has 164 valence electrons. The summed E-state index contributed by atoms with van der Waals surface area (Å²) >= 11 is 1.29. The number of aliphatic hydroxyl groups is 1. The number of morpholine rings is 1. The zero-order valence-electron chi connectivity index (χ0n) is 17.5. The molecule has 0 unspecified atom stereocenters. The molecule has 1 saturated heterocycles. The Hall–Kier alpha value is -2.68. The van der Waals surface area contributed by atoms with Crippen molar-refractivity contribution in [3.05, 3.63) is 63.6 Å². The van der Waals surface area contributed by atoms with Crippen molar-refractivity contribution in [2.24, 2.45) is 0 Å². The molecule has 8 heteroatoms. The fourth-order valence-corrected chi connectivity index (χ4v) is 4.84. The van der Waals surface area contributed by atoms with Gasteiger partial charge in [0.25, 0.3) is 5.91 Å². The average molecular weight is 443 g/mol. The second kappa shape index (κ2) is 9.64. The Labute approximate surface area is 185 Å². The van der Waals surface area contributed by atoms with E-state index < -0.39 is 17.7 Å². The van der Waals surface area contributed by atoms with Crippen molar-refractivity contribution < 1.29 is 24.2 Å². The maximum absolute atomic E-state index is 13.3. The first-order chi connectivity index (χ1) is 15.1. The number of para-hydroxylation sites is 1. The number of ether oxygens (including phenoxy) is 2. The first kappa shape index (κ1) is 21.5. The third-order valence-electron chi connectivity index (χ3n) is 5.70. The maximum Gasteiger partial charge on any atom is 0.290 e. The number of nitrogens with zero attached hydrogens (tertiary/aromatic N) is 2. The minimum absolute atomic E-state index is 0.114. The average Bonchev–Trinajstić information content (AvgIpc) is 3.42. The molecule has 2 aliphatic rings. The quantitative estimate of drug-likeness (QED) is 0.633. The normalized spacial score (nSPS) is 19.8. The molecular weight excluding hydrogens is 416 g/mol. The fourth-order valence-electron chi connectivity index (χ4n) is 4.16. The van der Waals surface area contributed by atoms with Gasteiger partial charge in [0.15, 0.2) is 5.76 Å². The number of amides is 1. The molecule has 0 aliphatic carbocycles. The third kappa shape index (κ3) is 4.37. The standard InChI is InChI=1S/C23H26N2O5S/c1-29-17-7-3-2-6-16(17)20-19(21(26)18-8-4-15-31-18)22(27)23(28)25(20)10-5-9-24-11-13-30-14-12-24/h2-4,6-8,15,20,27H,5,9-14H2,1H3/t20-/m0/s1. The predicted octanol–water partition coefficient (Wildman–Crippen LogP) is 3.06. The minimum atomic E-state index is -0.692. The number of carbonyl (C=O) groups is 2. The monoisotopic (exact) mass is 442 g/mol. The zero-order valence-corrected chi connectivity index (χ0v) is 18.3. The van der Waals surface area contributed by atoms with E-state index in [4.69, 9.17) is 9.47 Å². The molecule has 2 aliphatic heterocycles. The van der Waals surface area contributed by atoms with E-state index in [-0.39, 0.29) is 11.4 Å². The summed E-state index contributed by atoms with van der Waals surface area (Å²) in [6.45, 7) is 4.42. The van der Waals surface area contributed by atoms with E-state index >= 15 is 0 Å². The summed E-state index contributed by atoms with van der Waals surface area (Å²) in [5.74, 6) is -0.740. The highest BCUT2D eigenvalue weighted by atomic mass is 32.1. The maximum atomic E-state index is 13.3. The first-order valence-electron chi connectivity index (χ1n) is 10.4. The van der Waals surface area contributed by atoms with Crippen molar-refractivity contribution in [1.82, 2.24) is 9.80 Å². The van der Waals surface area contributed by atoms with Crippen LogP contribution in [-0.2, 0) is 9.53 Å².